The molecule has 0 amide bonds. The maximum Gasteiger partial charge on any atom is 0.400 e. The highest BCUT2D eigenvalue weighted by atomic mass is 19.3. The lowest BCUT2D eigenvalue weighted by Gasteiger charge is -2.13. The third-order valence-corrected chi connectivity index (χ3v) is 1.73. The molecule has 0 unspecified atom stereocenters. The maximum absolute atomic E-state index is 13.4. The molecule has 0 bridgehead atoms. The van der Waals surface area contributed by atoms with Gasteiger partial charge in [-0.25, -0.2) is 14.5 Å². The molecule has 0 aliphatic carbocycles. The number of esters is 1. The first-order valence-corrected chi connectivity index (χ1v) is 4.47. The molecule has 0 saturated carbocycles. The number of hydrogen-bond acceptors (Lipinski definition) is 4. The van der Waals surface area contributed by atoms with Crippen molar-refractivity contribution in [3.8, 4) is 0 Å². The fourth-order valence-corrected chi connectivity index (χ4v) is 1.05. The number of carbonyl (C=O) groups is 1. The Labute approximate surface area is 85.1 Å². The van der Waals surface area contributed by atoms with E-state index in [4.69, 9.17) is 0 Å². The maximum atomic E-state index is 13.4. The summed E-state index contributed by atoms with van der Waals surface area (Å²) in [6, 6.07) is 0. The van der Waals surface area contributed by atoms with Gasteiger partial charge in [0.25, 0.3) is 0 Å². The first-order chi connectivity index (χ1) is 7.04. The van der Waals surface area contributed by atoms with Crippen molar-refractivity contribution in [1.82, 2.24) is 14.8 Å². The van der Waals surface area contributed by atoms with E-state index in [1.54, 1.807) is 6.92 Å². The van der Waals surface area contributed by atoms with Crippen LogP contribution in [-0.4, -0.2) is 27.3 Å². The van der Waals surface area contributed by atoms with Gasteiger partial charge in [0.2, 0.25) is 5.82 Å². The fraction of sp³-hybridized carbons (Fsp3) is 0.625. The number of alkyl halides is 2. The monoisotopic (exact) mass is 219 g/mol. The molecular formula is C8H11F2N3O2. The molecule has 0 N–H and O–H groups in total. The van der Waals surface area contributed by atoms with Crippen LogP contribution in [0.1, 0.15) is 19.7 Å². The van der Waals surface area contributed by atoms with Crippen LogP contribution in [0.4, 0.5) is 8.78 Å². The van der Waals surface area contributed by atoms with Gasteiger partial charge in [0.05, 0.1) is 6.61 Å². The van der Waals surface area contributed by atoms with E-state index >= 15 is 0 Å². The fourth-order valence-electron chi connectivity index (χ4n) is 1.05. The third-order valence-electron chi connectivity index (χ3n) is 1.73. The Morgan fingerprint density at radius 2 is 2.27 bits per heavy atom. The normalized spacial score (nSPS) is 11.5. The van der Waals surface area contributed by atoms with Crippen molar-refractivity contribution < 1.29 is 18.3 Å². The summed E-state index contributed by atoms with van der Waals surface area (Å²) in [7, 11) is 0. The van der Waals surface area contributed by atoms with Gasteiger partial charge in [0.1, 0.15) is 6.33 Å². The predicted molar refractivity (Wildman–Crippen MR) is 46.2 cm³/mol. The number of rotatable bonds is 4. The Hall–Kier alpha value is -1.53. The van der Waals surface area contributed by atoms with Crippen LogP contribution in [-0.2, 0) is 22.0 Å². The molecule has 5 nitrogen and oxygen atoms in total. The Balaban J connectivity index is 2.99. The van der Waals surface area contributed by atoms with Crippen LogP contribution in [0, 0.1) is 0 Å². The molecule has 0 radical (unpaired) electrons. The number of hydrogen-bond donors (Lipinski definition) is 0. The molecule has 1 heterocycles. The molecule has 0 atom stereocenters. The Kier molecular flexibility index (Phi) is 3.33. The molecule has 1 aromatic heterocycles. The van der Waals surface area contributed by atoms with E-state index in [1.165, 1.54) is 6.92 Å². The zero-order valence-corrected chi connectivity index (χ0v) is 8.41. The average molecular weight is 219 g/mol. The van der Waals surface area contributed by atoms with Crippen molar-refractivity contribution in [3.05, 3.63) is 12.2 Å². The molecule has 84 valence electrons. The molecule has 0 spiro atoms. The molecule has 1 aromatic rings. The lowest BCUT2D eigenvalue weighted by atomic mass is 10.3. The summed E-state index contributed by atoms with van der Waals surface area (Å²) in [5.41, 5.74) is 0. The van der Waals surface area contributed by atoms with Crippen LogP contribution >= 0.6 is 0 Å². The first-order valence-electron chi connectivity index (χ1n) is 4.47. The van der Waals surface area contributed by atoms with Crippen molar-refractivity contribution in [2.45, 2.75) is 26.3 Å². The van der Waals surface area contributed by atoms with Gasteiger partial charge < -0.3 is 4.74 Å². The summed E-state index contributed by atoms with van der Waals surface area (Å²) < 4.78 is 32.1. The first kappa shape index (κ1) is 11.5. The molecule has 1 rings (SSSR count). The lowest BCUT2D eigenvalue weighted by molar-refractivity contribution is -0.174. The highest BCUT2D eigenvalue weighted by Crippen LogP contribution is 2.27. The van der Waals surface area contributed by atoms with Crippen LogP contribution in [0.15, 0.2) is 6.33 Å². The van der Waals surface area contributed by atoms with Crippen LogP contribution in [0.3, 0.4) is 0 Å². The highest BCUT2D eigenvalue weighted by Gasteiger charge is 2.47. The van der Waals surface area contributed by atoms with E-state index in [0.717, 1.165) is 11.0 Å². The lowest BCUT2D eigenvalue weighted by Crippen LogP contribution is -2.31. The van der Waals surface area contributed by atoms with E-state index in [2.05, 4.69) is 14.8 Å². The van der Waals surface area contributed by atoms with Crippen molar-refractivity contribution in [1.29, 1.82) is 0 Å². The largest absolute Gasteiger partial charge is 0.461 e. The molecule has 0 aliphatic heterocycles. The molecule has 0 saturated heterocycles. The third kappa shape index (κ3) is 2.11. The molecule has 7 heteroatoms. The standard InChI is InChI=1S/C8H11F2N3O2/c1-3-13-6(11-5-12-13)8(9,10)7(14)15-4-2/h5H,3-4H2,1-2H3. The van der Waals surface area contributed by atoms with Gasteiger partial charge >= 0.3 is 11.9 Å². The molecule has 15 heavy (non-hydrogen) atoms. The Morgan fingerprint density at radius 3 is 2.80 bits per heavy atom. The van der Waals surface area contributed by atoms with E-state index in [-0.39, 0.29) is 13.2 Å². The summed E-state index contributed by atoms with van der Waals surface area (Å²) in [5.74, 6) is -6.04. The second-order valence-corrected chi connectivity index (χ2v) is 2.69. The zero-order valence-electron chi connectivity index (χ0n) is 8.41. The van der Waals surface area contributed by atoms with Crippen molar-refractivity contribution in [3.63, 3.8) is 0 Å². The molecule has 0 aliphatic rings. The van der Waals surface area contributed by atoms with Crippen LogP contribution in [0.25, 0.3) is 0 Å². The minimum absolute atomic E-state index is 0.102. The Morgan fingerprint density at radius 1 is 1.60 bits per heavy atom. The summed E-state index contributed by atoms with van der Waals surface area (Å²) in [5, 5.41) is 3.56. The number of ether oxygens (including phenoxy) is 1. The highest BCUT2D eigenvalue weighted by molar-refractivity contribution is 5.78. The van der Waals surface area contributed by atoms with Crippen LogP contribution in [0.5, 0.6) is 0 Å². The van der Waals surface area contributed by atoms with E-state index in [0.29, 0.717) is 0 Å². The number of nitrogens with zero attached hydrogens (tertiary/aromatic N) is 3. The molecular weight excluding hydrogens is 208 g/mol. The zero-order chi connectivity index (χ0) is 11.5. The van der Waals surface area contributed by atoms with Gasteiger partial charge in [-0.3, -0.25) is 0 Å². The van der Waals surface area contributed by atoms with Crippen LogP contribution < -0.4 is 0 Å². The average Bonchev–Trinajstić information content (AvgIpc) is 2.66. The quantitative estimate of drug-likeness (QED) is 0.707. The van der Waals surface area contributed by atoms with Gasteiger partial charge in [-0.2, -0.15) is 13.9 Å². The number of halogens is 2. The molecule has 0 aromatic carbocycles. The topological polar surface area (TPSA) is 57.0 Å². The van der Waals surface area contributed by atoms with Crippen molar-refractivity contribution in [2.24, 2.45) is 0 Å². The predicted octanol–water partition coefficient (Wildman–Crippen LogP) is 0.953. The van der Waals surface area contributed by atoms with Gasteiger partial charge in [0, 0.05) is 6.54 Å². The summed E-state index contributed by atoms with van der Waals surface area (Å²) in [4.78, 5) is 14.3. The summed E-state index contributed by atoms with van der Waals surface area (Å²) >= 11 is 0. The minimum Gasteiger partial charge on any atom is -0.461 e. The molecule has 0 fully saturated rings. The van der Waals surface area contributed by atoms with E-state index < -0.39 is 17.7 Å². The van der Waals surface area contributed by atoms with Crippen molar-refractivity contribution in [2.75, 3.05) is 6.61 Å². The second kappa shape index (κ2) is 4.33. The summed E-state index contributed by atoms with van der Waals surface area (Å²) in [6.07, 6.45) is 0.978. The second-order valence-electron chi connectivity index (χ2n) is 2.69. The van der Waals surface area contributed by atoms with Gasteiger partial charge in [0.15, 0.2) is 0 Å². The summed E-state index contributed by atoms with van der Waals surface area (Å²) in [6.45, 7) is 3.19. The van der Waals surface area contributed by atoms with Gasteiger partial charge in [-0.05, 0) is 13.8 Å². The minimum atomic E-state index is -3.75. The van der Waals surface area contributed by atoms with Crippen molar-refractivity contribution >= 4 is 5.97 Å². The van der Waals surface area contributed by atoms with Gasteiger partial charge in [-0.1, -0.05) is 0 Å². The van der Waals surface area contributed by atoms with Gasteiger partial charge in [-0.15, -0.1) is 0 Å². The van der Waals surface area contributed by atoms with Crippen LogP contribution in [0.2, 0.25) is 0 Å². The number of aromatic nitrogens is 3. The van der Waals surface area contributed by atoms with E-state index in [1.807, 2.05) is 0 Å². The Bertz CT molecular complexity index is 351. The van der Waals surface area contributed by atoms with E-state index in [9.17, 15) is 13.6 Å². The number of aryl methyl sites for hydroxylation is 1. The SMILES string of the molecule is CCOC(=O)C(F)(F)c1ncnn1CC. The number of carbonyl (C=O) groups excluding carboxylic acids is 1. The smallest absolute Gasteiger partial charge is 0.400 e.